The molecule has 0 spiro atoms. The maximum Gasteiger partial charge on any atom is 0.416 e. The number of anilines is 1. The molecule has 2 rings (SSSR count). The van der Waals surface area contributed by atoms with Gasteiger partial charge in [0.1, 0.15) is 0 Å². The predicted octanol–water partition coefficient (Wildman–Crippen LogP) is 3.71. The van der Waals surface area contributed by atoms with Gasteiger partial charge in [-0.1, -0.05) is 5.16 Å². The largest absolute Gasteiger partial charge is 0.493 e. The Labute approximate surface area is 153 Å². The summed E-state index contributed by atoms with van der Waals surface area (Å²) in [5.74, 6) is 0.521. The zero-order valence-electron chi connectivity index (χ0n) is 14.5. The first-order chi connectivity index (χ1) is 12.8. The molecule has 6 nitrogen and oxygen atoms in total. The van der Waals surface area contributed by atoms with Crippen LogP contribution in [0.1, 0.15) is 11.1 Å². The van der Waals surface area contributed by atoms with E-state index in [1.165, 1.54) is 20.4 Å². The number of rotatable bonds is 7. The molecule has 0 aliphatic heterocycles. The maximum absolute atomic E-state index is 12.5. The minimum absolute atomic E-state index is 0.223. The van der Waals surface area contributed by atoms with Crippen LogP contribution < -0.4 is 14.8 Å². The van der Waals surface area contributed by atoms with Gasteiger partial charge in [-0.3, -0.25) is 4.79 Å². The third kappa shape index (κ3) is 5.91. The fourth-order valence-electron chi connectivity index (χ4n) is 2.07. The molecule has 1 N–H and O–H groups in total. The maximum atomic E-state index is 12.5. The van der Waals surface area contributed by atoms with E-state index in [2.05, 4.69) is 10.5 Å². The van der Waals surface area contributed by atoms with Crippen molar-refractivity contribution in [2.45, 2.75) is 6.18 Å². The van der Waals surface area contributed by atoms with Crippen LogP contribution in [0.3, 0.4) is 0 Å². The number of carbonyl (C=O) groups is 1. The van der Waals surface area contributed by atoms with Gasteiger partial charge >= 0.3 is 6.18 Å². The van der Waals surface area contributed by atoms with Gasteiger partial charge in [-0.25, -0.2) is 0 Å². The van der Waals surface area contributed by atoms with Crippen molar-refractivity contribution in [2.75, 3.05) is 26.1 Å². The summed E-state index contributed by atoms with van der Waals surface area (Å²) in [6.45, 7) is -0.398. The molecule has 9 heteroatoms. The molecule has 0 fully saturated rings. The fraction of sp³-hybridized carbons (Fsp3) is 0.222. The summed E-state index contributed by atoms with van der Waals surface area (Å²) >= 11 is 0. The molecule has 1 amide bonds. The third-order valence-electron chi connectivity index (χ3n) is 3.38. The number of hydrogen-bond donors (Lipinski definition) is 1. The normalized spacial score (nSPS) is 11.3. The van der Waals surface area contributed by atoms with Gasteiger partial charge < -0.3 is 19.6 Å². The van der Waals surface area contributed by atoms with Crippen LogP contribution in [0.25, 0.3) is 0 Å². The fourth-order valence-corrected chi connectivity index (χ4v) is 2.07. The molecular formula is C18H17F3N2O4. The predicted molar refractivity (Wildman–Crippen MR) is 93.2 cm³/mol. The second kappa shape index (κ2) is 8.93. The Kier molecular flexibility index (Phi) is 6.64. The number of alkyl halides is 3. The Balaban J connectivity index is 1.84. The molecule has 0 aliphatic rings. The zero-order chi connectivity index (χ0) is 19.9. The summed E-state index contributed by atoms with van der Waals surface area (Å²) in [4.78, 5) is 16.6. The zero-order valence-corrected chi connectivity index (χ0v) is 14.5. The van der Waals surface area contributed by atoms with E-state index in [1.54, 1.807) is 18.2 Å². The van der Waals surface area contributed by atoms with Crippen LogP contribution in [0.2, 0.25) is 0 Å². The number of ether oxygens (including phenoxy) is 2. The van der Waals surface area contributed by atoms with E-state index < -0.39 is 24.3 Å². The summed E-state index contributed by atoms with van der Waals surface area (Å²) in [7, 11) is 3.02. The number of benzene rings is 2. The van der Waals surface area contributed by atoms with Gasteiger partial charge in [0.2, 0.25) is 0 Å². The number of nitrogens with zero attached hydrogens (tertiary/aromatic N) is 1. The Bertz CT molecular complexity index is 805. The van der Waals surface area contributed by atoms with E-state index in [9.17, 15) is 18.0 Å². The van der Waals surface area contributed by atoms with E-state index >= 15 is 0 Å². The lowest BCUT2D eigenvalue weighted by molar-refractivity contribution is -0.137. The van der Waals surface area contributed by atoms with Gasteiger partial charge in [-0.05, 0) is 42.5 Å². The molecule has 0 heterocycles. The number of oxime groups is 1. The smallest absolute Gasteiger partial charge is 0.416 e. The van der Waals surface area contributed by atoms with E-state index in [0.717, 1.165) is 24.3 Å². The van der Waals surface area contributed by atoms with Crippen LogP contribution in [-0.2, 0) is 15.8 Å². The summed E-state index contributed by atoms with van der Waals surface area (Å²) in [5.41, 5.74) is 0.0903. The van der Waals surface area contributed by atoms with Crippen LogP contribution in [0, 0.1) is 0 Å². The Morgan fingerprint density at radius 2 is 1.74 bits per heavy atom. The molecule has 0 radical (unpaired) electrons. The SMILES string of the molecule is COc1ccc(/C=N\OCC(=O)Nc2ccc(C(F)(F)F)cc2)cc1OC. The molecule has 0 atom stereocenters. The number of nitrogens with one attached hydrogen (secondary N) is 1. The van der Waals surface area contributed by atoms with Crippen LogP contribution in [0.4, 0.5) is 18.9 Å². The van der Waals surface area contributed by atoms with E-state index in [0.29, 0.717) is 17.1 Å². The van der Waals surface area contributed by atoms with Crippen LogP contribution in [0.15, 0.2) is 47.6 Å². The summed E-state index contributed by atoms with van der Waals surface area (Å²) in [5, 5.41) is 6.08. The second-order valence-electron chi connectivity index (χ2n) is 5.25. The highest BCUT2D eigenvalue weighted by Gasteiger charge is 2.29. The lowest BCUT2D eigenvalue weighted by Crippen LogP contribution is -2.17. The molecular weight excluding hydrogens is 365 g/mol. The van der Waals surface area contributed by atoms with Crippen molar-refractivity contribution in [3.05, 3.63) is 53.6 Å². The number of halogens is 3. The van der Waals surface area contributed by atoms with Crippen LogP contribution >= 0.6 is 0 Å². The van der Waals surface area contributed by atoms with Crippen molar-refractivity contribution in [3.63, 3.8) is 0 Å². The van der Waals surface area contributed by atoms with Gasteiger partial charge in [-0.15, -0.1) is 0 Å². The molecule has 0 saturated heterocycles. The molecule has 2 aromatic carbocycles. The number of carbonyl (C=O) groups excluding carboxylic acids is 1. The van der Waals surface area contributed by atoms with Gasteiger partial charge in [0.15, 0.2) is 18.1 Å². The molecule has 0 unspecified atom stereocenters. The van der Waals surface area contributed by atoms with Crippen molar-refractivity contribution >= 4 is 17.8 Å². The quantitative estimate of drug-likeness (QED) is 0.586. The minimum atomic E-state index is -4.43. The molecule has 27 heavy (non-hydrogen) atoms. The van der Waals surface area contributed by atoms with Crippen molar-refractivity contribution in [1.82, 2.24) is 0 Å². The van der Waals surface area contributed by atoms with Crippen molar-refractivity contribution in [1.29, 1.82) is 0 Å². The Morgan fingerprint density at radius 1 is 1.07 bits per heavy atom. The summed E-state index contributed by atoms with van der Waals surface area (Å²) in [6.07, 6.45) is -3.04. The topological polar surface area (TPSA) is 69.2 Å². The Morgan fingerprint density at radius 3 is 2.33 bits per heavy atom. The van der Waals surface area contributed by atoms with E-state index in [4.69, 9.17) is 14.3 Å². The first-order valence-corrected chi connectivity index (χ1v) is 7.68. The average molecular weight is 382 g/mol. The minimum Gasteiger partial charge on any atom is -0.493 e. The number of amides is 1. The van der Waals surface area contributed by atoms with E-state index in [1.807, 2.05) is 0 Å². The molecule has 0 aromatic heterocycles. The second-order valence-corrected chi connectivity index (χ2v) is 5.25. The lowest BCUT2D eigenvalue weighted by atomic mass is 10.2. The van der Waals surface area contributed by atoms with Gasteiger partial charge in [0.05, 0.1) is 26.0 Å². The highest BCUT2D eigenvalue weighted by Crippen LogP contribution is 2.30. The van der Waals surface area contributed by atoms with Crippen molar-refractivity contribution in [2.24, 2.45) is 5.16 Å². The first-order valence-electron chi connectivity index (χ1n) is 7.68. The first kappa shape index (κ1) is 20.1. The van der Waals surface area contributed by atoms with Crippen molar-refractivity contribution in [3.8, 4) is 11.5 Å². The molecule has 0 bridgehead atoms. The van der Waals surface area contributed by atoms with Gasteiger partial charge in [-0.2, -0.15) is 13.2 Å². The average Bonchev–Trinajstić information content (AvgIpc) is 2.64. The number of methoxy groups -OCH3 is 2. The molecule has 0 aliphatic carbocycles. The van der Waals surface area contributed by atoms with Crippen molar-refractivity contribution < 1.29 is 32.3 Å². The molecule has 2 aromatic rings. The summed E-state index contributed by atoms with van der Waals surface area (Å²) < 4.78 is 47.7. The summed E-state index contributed by atoms with van der Waals surface area (Å²) in [6, 6.07) is 9.17. The standard InChI is InChI=1S/C18H17F3N2O4/c1-25-15-8-3-12(9-16(15)26-2)10-22-27-11-17(24)23-14-6-4-13(5-7-14)18(19,20)21/h3-10H,11H2,1-2H3,(H,23,24)/b22-10-. The van der Waals surface area contributed by atoms with Gasteiger partial charge in [0, 0.05) is 11.3 Å². The lowest BCUT2D eigenvalue weighted by Gasteiger charge is -2.08. The van der Waals surface area contributed by atoms with Gasteiger partial charge in [0.25, 0.3) is 5.91 Å². The highest BCUT2D eigenvalue weighted by atomic mass is 19.4. The number of hydrogen-bond acceptors (Lipinski definition) is 5. The Hall–Kier alpha value is -3.23. The van der Waals surface area contributed by atoms with Crippen LogP contribution in [0.5, 0.6) is 11.5 Å². The molecule has 144 valence electrons. The monoisotopic (exact) mass is 382 g/mol. The van der Waals surface area contributed by atoms with Crippen LogP contribution in [-0.4, -0.2) is 32.9 Å². The molecule has 0 saturated carbocycles. The third-order valence-corrected chi connectivity index (χ3v) is 3.38. The van der Waals surface area contributed by atoms with E-state index in [-0.39, 0.29) is 5.69 Å². The highest BCUT2D eigenvalue weighted by molar-refractivity contribution is 5.91.